The number of ether oxygens (including phenoxy) is 2. The van der Waals surface area contributed by atoms with Crippen LogP contribution < -0.4 is 14.8 Å². The van der Waals surface area contributed by atoms with Gasteiger partial charge in [0.05, 0.1) is 15.7 Å². The molecule has 1 atom stereocenters. The van der Waals surface area contributed by atoms with Gasteiger partial charge in [0, 0.05) is 29.8 Å². The molecule has 1 unspecified atom stereocenters. The molecule has 9 heteroatoms. The second-order valence-electron chi connectivity index (χ2n) is 9.62. The van der Waals surface area contributed by atoms with Crippen LogP contribution in [0.3, 0.4) is 0 Å². The molecule has 0 saturated carbocycles. The van der Waals surface area contributed by atoms with E-state index in [9.17, 15) is 14.7 Å². The van der Waals surface area contributed by atoms with Gasteiger partial charge in [0.1, 0.15) is 19.0 Å². The number of carboxylic acid groups (broad SMARTS) is 1. The average molecular weight is 594 g/mol. The number of halogens is 2. The lowest BCUT2D eigenvalue weighted by molar-refractivity contribution is 0.112. The van der Waals surface area contributed by atoms with Gasteiger partial charge < -0.3 is 19.9 Å². The molecule has 41 heavy (non-hydrogen) atoms. The minimum absolute atomic E-state index is 0.112. The Morgan fingerprint density at radius 1 is 1.00 bits per heavy atom. The topological polar surface area (TPSA) is 97.8 Å². The first-order valence-electron chi connectivity index (χ1n) is 13.0. The highest BCUT2D eigenvalue weighted by molar-refractivity contribution is 6.37. The van der Waals surface area contributed by atoms with Gasteiger partial charge in [-0.05, 0) is 85.0 Å². The van der Waals surface area contributed by atoms with E-state index in [0.717, 1.165) is 34.1 Å². The molecule has 3 aromatic carbocycles. The lowest BCUT2D eigenvalue weighted by atomic mass is 9.87. The van der Waals surface area contributed by atoms with Gasteiger partial charge in [-0.15, -0.1) is 0 Å². The number of nitrogens with one attached hydrogen (secondary N) is 1. The lowest BCUT2D eigenvalue weighted by Crippen LogP contribution is -2.28. The molecular weight excluding hydrogens is 563 g/mol. The molecule has 7 nitrogen and oxygen atoms in total. The van der Waals surface area contributed by atoms with Gasteiger partial charge in [-0.25, -0.2) is 4.79 Å². The lowest BCUT2D eigenvalue weighted by Gasteiger charge is -2.21. The molecule has 4 rings (SSSR count). The molecule has 0 fully saturated rings. The van der Waals surface area contributed by atoms with E-state index >= 15 is 0 Å². The average Bonchev–Trinajstić information content (AvgIpc) is 2.95. The molecule has 1 heterocycles. The third kappa shape index (κ3) is 7.99. The number of aromatic nitrogens is 1. The molecule has 0 radical (unpaired) electrons. The van der Waals surface area contributed by atoms with Gasteiger partial charge in [-0.1, -0.05) is 47.5 Å². The largest absolute Gasteiger partial charge is 0.490 e. The van der Waals surface area contributed by atoms with Crippen molar-refractivity contribution in [3.8, 4) is 22.8 Å². The van der Waals surface area contributed by atoms with Crippen LogP contribution >= 0.6 is 23.2 Å². The molecule has 0 saturated heterocycles. The molecule has 0 aliphatic carbocycles. The van der Waals surface area contributed by atoms with Crippen molar-refractivity contribution in [1.29, 1.82) is 0 Å². The Bertz CT molecular complexity index is 1500. The molecule has 0 aliphatic rings. The molecule has 0 spiro atoms. The molecule has 0 aliphatic heterocycles. The van der Waals surface area contributed by atoms with E-state index in [-0.39, 0.29) is 19.1 Å². The number of aryl methyl sites for hydroxylation is 2. The fraction of sp³-hybridized carbons (Fsp3) is 0.219. The van der Waals surface area contributed by atoms with Gasteiger partial charge in [0.15, 0.2) is 12.0 Å². The van der Waals surface area contributed by atoms with Gasteiger partial charge in [0.2, 0.25) is 0 Å². The van der Waals surface area contributed by atoms with Crippen LogP contribution in [0.5, 0.6) is 11.5 Å². The summed E-state index contributed by atoms with van der Waals surface area (Å²) in [6.07, 6.45) is 1.98. The summed E-state index contributed by atoms with van der Waals surface area (Å²) < 4.78 is 11.5. The van der Waals surface area contributed by atoms with Gasteiger partial charge in [-0.2, -0.15) is 0 Å². The van der Waals surface area contributed by atoms with E-state index in [1.54, 1.807) is 30.5 Å². The minimum Gasteiger partial charge on any atom is -0.490 e. The number of pyridine rings is 1. The first-order valence-corrected chi connectivity index (χ1v) is 13.8. The number of carbonyl (C=O) groups is 2. The molecule has 1 amide bonds. The van der Waals surface area contributed by atoms with Gasteiger partial charge in [-0.3, -0.25) is 9.78 Å². The molecular formula is C32H30Cl2N2O5. The molecule has 212 valence electrons. The summed E-state index contributed by atoms with van der Waals surface area (Å²) in [5, 5.41) is 12.7. The van der Waals surface area contributed by atoms with Crippen molar-refractivity contribution in [3.63, 3.8) is 0 Å². The monoisotopic (exact) mass is 592 g/mol. The Morgan fingerprint density at radius 3 is 2.37 bits per heavy atom. The minimum atomic E-state index is -1.08. The van der Waals surface area contributed by atoms with Gasteiger partial charge >= 0.3 is 6.09 Å². The van der Waals surface area contributed by atoms with Crippen LogP contribution in [0.2, 0.25) is 10.0 Å². The second kappa shape index (κ2) is 14.0. The van der Waals surface area contributed by atoms with Crippen LogP contribution in [0.25, 0.3) is 11.3 Å². The molecule has 1 aromatic heterocycles. The Hall–Kier alpha value is -4.07. The summed E-state index contributed by atoms with van der Waals surface area (Å²) in [5.74, 6) is 1.01. The van der Waals surface area contributed by atoms with E-state index in [4.69, 9.17) is 32.7 Å². The highest BCUT2D eigenvalue weighted by atomic mass is 35.5. The second-order valence-corrected chi connectivity index (χ2v) is 10.4. The number of hydrogen-bond acceptors (Lipinski definition) is 5. The first-order chi connectivity index (χ1) is 19.7. The number of amides is 1. The van der Waals surface area contributed by atoms with Crippen LogP contribution in [0.15, 0.2) is 72.9 Å². The van der Waals surface area contributed by atoms with E-state index in [1.165, 1.54) is 0 Å². The highest BCUT2D eigenvalue weighted by Crippen LogP contribution is 2.34. The third-order valence-corrected chi connectivity index (χ3v) is 7.16. The van der Waals surface area contributed by atoms with E-state index in [1.807, 2.05) is 56.3 Å². The summed E-state index contributed by atoms with van der Waals surface area (Å²) >= 11 is 12.5. The number of rotatable bonds is 12. The Kier molecular flexibility index (Phi) is 10.2. The summed E-state index contributed by atoms with van der Waals surface area (Å²) in [4.78, 5) is 27.1. The van der Waals surface area contributed by atoms with Crippen molar-refractivity contribution in [2.75, 3.05) is 19.8 Å². The van der Waals surface area contributed by atoms with Crippen LogP contribution in [-0.4, -0.2) is 42.2 Å². The van der Waals surface area contributed by atoms with Gasteiger partial charge in [0.25, 0.3) is 0 Å². The smallest absolute Gasteiger partial charge is 0.404 e. The predicted octanol–water partition coefficient (Wildman–Crippen LogP) is 7.54. The number of aldehydes is 1. The maximum absolute atomic E-state index is 11.5. The van der Waals surface area contributed by atoms with Crippen LogP contribution in [0, 0.1) is 13.8 Å². The molecule has 0 bridgehead atoms. The van der Waals surface area contributed by atoms with E-state index < -0.39 is 6.09 Å². The highest BCUT2D eigenvalue weighted by Gasteiger charge is 2.18. The van der Waals surface area contributed by atoms with Crippen molar-refractivity contribution in [3.05, 3.63) is 111 Å². The Balaban J connectivity index is 1.42. The summed E-state index contributed by atoms with van der Waals surface area (Å²) in [7, 11) is 0. The maximum atomic E-state index is 11.5. The van der Waals surface area contributed by atoms with E-state index in [2.05, 4.69) is 10.3 Å². The van der Waals surface area contributed by atoms with Crippen molar-refractivity contribution in [2.45, 2.75) is 26.2 Å². The van der Waals surface area contributed by atoms with Crippen LogP contribution in [0.1, 0.15) is 38.5 Å². The molecule has 2 N–H and O–H groups in total. The summed E-state index contributed by atoms with van der Waals surface area (Å²) in [6, 6.07) is 20.6. The van der Waals surface area contributed by atoms with Crippen molar-refractivity contribution < 1.29 is 24.2 Å². The van der Waals surface area contributed by atoms with Crippen molar-refractivity contribution >= 4 is 35.6 Å². The standard InChI is InChI=1S/C32H30Cl2N2O5/c1-20-14-28(33)31(29(34)15-20)41-13-12-40-26-8-5-22(6-9-26)17-25(18-36-32(38)39)27-10-7-23(16-21(27)2)30-24(19-37)4-3-11-35-30/h3-11,14-16,19,25,36H,12-13,17-18H2,1-2H3,(H,38,39). The summed E-state index contributed by atoms with van der Waals surface area (Å²) in [5.41, 5.74) is 5.93. The Labute approximate surface area is 249 Å². The number of carbonyl (C=O) groups excluding carboxylic acids is 1. The van der Waals surface area contributed by atoms with Crippen LogP contribution in [0.4, 0.5) is 4.79 Å². The number of nitrogens with zero attached hydrogens (tertiary/aromatic N) is 1. The van der Waals surface area contributed by atoms with Crippen molar-refractivity contribution in [1.82, 2.24) is 10.3 Å². The van der Waals surface area contributed by atoms with Crippen LogP contribution in [-0.2, 0) is 6.42 Å². The van der Waals surface area contributed by atoms with E-state index in [0.29, 0.717) is 45.8 Å². The SMILES string of the molecule is Cc1cc(Cl)c(OCCOc2ccc(CC(CNC(=O)O)c3ccc(-c4ncccc4C=O)cc3C)cc2)c(Cl)c1. The van der Waals surface area contributed by atoms with Crippen molar-refractivity contribution in [2.24, 2.45) is 0 Å². The molecule has 4 aromatic rings. The quantitative estimate of drug-likeness (QED) is 0.130. The zero-order valence-corrected chi connectivity index (χ0v) is 24.2. The Morgan fingerprint density at radius 2 is 1.71 bits per heavy atom. The zero-order valence-electron chi connectivity index (χ0n) is 22.7. The first kappa shape index (κ1) is 29.9. The normalized spacial score (nSPS) is 11.5. The fourth-order valence-corrected chi connectivity index (χ4v) is 5.38. The predicted molar refractivity (Wildman–Crippen MR) is 161 cm³/mol. The number of hydrogen-bond donors (Lipinski definition) is 2. The number of benzene rings is 3. The third-order valence-electron chi connectivity index (χ3n) is 6.60. The zero-order chi connectivity index (χ0) is 29.4. The summed E-state index contributed by atoms with van der Waals surface area (Å²) in [6.45, 7) is 4.71. The maximum Gasteiger partial charge on any atom is 0.404 e. The fourth-order valence-electron chi connectivity index (χ4n) is 4.67.